The monoisotopic (exact) mass is 525 g/mol. The van der Waals surface area contributed by atoms with Crippen molar-refractivity contribution in [1.29, 1.82) is 0 Å². The molecule has 0 unspecified atom stereocenters. The van der Waals surface area contributed by atoms with Gasteiger partial charge in [0, 0.05) is 74.6 Å². The Balaban J connectivity index is 1.25. The molecule has 0 aliphatic carbocycles. The first-order valence-corrected chi connectivity index (χ1v) is 13.7. The molecule has 39 heavy (non-hydrogen) atoms. The Morgan fingerprint density at radius 3 is 2.69 bits per heavy atom. The minimum atomic E-state index is -0.180. The quantitative estimate of drug-likeness (QED) is 0.334. The number of amides is 1. The SMILES string of the molecule is CN1CCN(c2ccc(C(=O)Nc3n[nH]c4ccc(Cc5cccnc5)cc34)c(NC3CCOCC3)c2)CC1. The first kappa shape index (κ1) is 25.3. The van der Waals surface area contributed by atoms with Gasteiger partial charge in [0.1, 0.15) is 0 Å². The summed E-state index contributed by atoms with van der Waals surface area (Å²) >= 11 is 0. The van der Waals surface area contributed by atoms with Crippen LogP contribution in [-0.4, -0.2) is 78.5 Å². The second-order valence-electron chi connectivity index (χ2n) is 10.5. The van der Waals surface area contributed by atoms with Crippen LogP contribution in [0.1, 0.15) is 34.3 Å². The lowest BCUT2D eigenvalue weighted by atomic mass is 10.0. The van der Waals surface area contributed by atoms with E-state index in [4.69, 9.17) is 4.74 Å². The van der Waals surface area contributed by atoms with Crippen LogP contribution in [0, 0.1) is 0 Å². The van der Waals surface area contributed by atoms with Crippen LogP contribution in [-0.2, 0) is 11.2 Å². The fraction of sp³-hybridized carbons (Fsp3) is 0.367. The minimum Gasteiger partial charge on any atom is -0.381 e. The number of hydrogen-bond acceptors (Lipinski definition) is 7. The van der Waals surface area contributed by atoms with Crippen LogP contribution < -0.4 is 15.5 Å². The van der Waals surface area contributed by atoms with E-state index < -0.39 is 0 Å². The minimum absolute atomic E-state index is 0.180. The van der Waals surface area contributed by atoms with Gasteiger partial charge in [0.05, 0.1) is 11.1 Å². The van der Waals surface area contributed by atoms with Gasteiger partial charge in [0.15, 0.2) is 5.82 Å². The standard InChI is InChI=1S/C30H35N7O2/c1-36-11-13-37(14-12-36)24-5-6-25(28(19-24)32-23-8-15-39-16-9-23)30(38)33-29-26-18-21(4-7-27(26)34-35-29)17-22-3-2-10-31-20-22/h2-7,10,18-20,23,32H,8-9,11-17H2,1H3,(H2,33,34,35,38). The number of nitrogens with one attached hydrogen (secondary N) is 3. The number of aromatic nitrogens is 3. The van der Waals surface area contributed by atoms with E-state index in [1.165, 1.54) is 0 Å². The summed E-state index contributed by atoms with van der Waals surface area (Å²) in [6.45, 7) is 5.47. The van der Waals surface area contributed by atoms with Gasteiger partial charge in [-0.15, -0.1) is 0 Å². The third-order valence-corrected chi connectivity index (χ3v) is 7.69. The summed E-state index contributed by atoms with van der Waals surface area (Å²) in [5, 5.41) is 15.1. The Kier molecular flexibility index (Phi) is 7.42. The van der Waals surface area contributed by atoms with Crippen molar-refractivity contribution in [2.24, 2.45) is 0 Å². The molecule has 2 fully saturated rings. The Bertz CT molecular complexity index is 1420. The molecule has 6 rings (SSSR count). The molecule has 0 saturated carbocycles. The average molecular weight is 526 g/mol. The molecule has 0 spiro atoms. The maximum Gasteiger partial charge on any atom is 0.258 e. The molecule has 9 nitrogen and oxygen atoms in total. The maximum atomic E-state index is 13.7. The lowest BCUT2D eigenvalue weighted by Crippen LogP contribution is -2.44. The molecule has 2 aromatic heterocycles. The molecule has 1 amide bonds. The number of H-pyrrole nitrogens is 1. The van der Waals surface area contributed by atoms with E-state index in [0.717, 1.165) is 92.1 Å². The molecular weight excluding hydrogens is 490 g/mol. The average Bonchev–Trinajstić information content (AvgIpc) is 3.36. The lowest BCUT2D eigenvalue weighted by Gasteiger charge is -2.34. The fourth-order valence-corrected chi connectivity index (χ4v) is 5.35. The van der Waals surface area contributed by atoms with Gasteiger partial charge >= 0.3 is 0 Å². The van der Waals surface area contributed by atoms with Crippen LogP contribution in [0.4, 0.5) is 17.2 Å². The number of hydrogen-bond donors (Lipinski definition) is 3. The van der Waals surface area contributed by atoms with Gasteiger partial charge in [-0.2, -0.15) is 5.10 Å². The molecule has 2 aromatic carbocycles. The topological polar surface area (TPSA) is 98.4 Å². The second kappa shape index (κ2) is 11.4. The van der Waals surface area contributed by atoms with Crippen molar-refractivity contribution in [3.8, 4) is 0 Å². The number of ether oxygens (including phenoxy) is 1. The molecule has 202 valence electrons. The van der Waals surface area contributed by atoms with Gasteiger partial charge in [0.2, 0.25) is 0 Å². The van der Waals surface area contributed by atoms with Gasteiger partial charge in [-0.3, -0.25) is 14.9 Å². The predicted octanol–water partition coefficient (Wildman–Crippen LogP) is 4.14. The zero-order chi connectivity index (χ0) is 26.6. The molecule has 4 aromatic rings. The number of nitrogens with zero attached hydrogens (tertiary/aromatic N) is 4. The fourth-order valence-electron chi connectivity index (χ4n) is 5.35. The van der Waals surface area contributed by atoms with E-state index in [2.05, 4.69) is 73.0 Å². The van der Waals surface area contributed by atoms with Crippen LogP contribution in [0.5, 0.6) is 0 Å². The number of likely N-dealkylation sites (N-methyl/N-ethyl adjacent to an activating group) is 1. The summed E-state index contributed by atoms with van der Waals surface area (Å²) in [6.07, 6.45) is 6.25. The van der Waals surface area contributed by atoms with Crippen molar-refractivity contribution in [2.45, 2.75) is 25.3 Å². The smallest absolute Gasteiger partial charge is 0.258 e. The Labute approximate surface area is 228 Å². The van der Waals surface area contributed by atoms with Crippen LogP contribution in [0.2, 0.25) is 0 Å². The first-order chi connectivity index (χ1) is 19.1. The normalized spacial score (nSPS) is 16.9. The number of benzene rings is 2. The molecular formula is C30H35N7O2. The molecule has 2 aliphatic rings. The van der Waals surface area contributed by atoms with Crippen molar-refractivity contribution in [1.82, 2.24) is 20.1 Å². The Hall–Kier alpha value is -3.95. The van der Waals surface area contributed by atoms with Gasteiger partial charge in [-0.1, -0.05) is 12.1 Å². The van der Waals surface area contributed by atoms with Crippen molar-refractivity contribution >= 4 is 34.0 Å². The number of piperazine rings is 1. The number of carbonyl (C=O) groups excluding carboxylic acids is 1. The number of aromatic amines is 1. The summed E-state index contributed by atoms with van der Waals surface area (Å²) in [5.41, 5.74) is 5.75. The summed E-state index contributed by atoms with van der Waals surface area (Å²) in [6, 6.07) is 16.6. The number of carbonyl (C=O) groups is 1. The van der Waals surface area contributed by atoms with Crippen molar-refractivity contribution in [2.75, 3.05) is 62.0 Å². The van der Waals surface area contributed by atoms with Crippen LogP contribution in [0.25, 0.3) is 10.9 Å². The molecule has 2 saturated heterocycles. The highest BCUT2D eigenvalue weighted by Gasteiger charge is 2.22. The maximum absolute atomic E-state index is 13.7. The van der Waals surface area contributed by atoms with Gasteiger partial charge < -0.3 is 25.2 Å². The predicted molar refractivity (Wildman–Crippen MR) is 155 cm³/mol. The van der Waals surface area contributed by atoms with E-state index in [1.54, 1.807) is 6.20 Å². The molecule has 0 bridgehead atoms. The Morgan fingerprint density at radius 1 is 1.05 bits per heavy atom. The second-order valence-corrected chi connectivity index (χ2v) is 10.5. The van der Waals surface area contributed by atoms with E-state index in [-0.39, 0.29) is 11.9 Å². The van der Waals surface area contributed by atoms with Gasteiger partial charge in [-0.05, 0) is 73.8 Å². The first-order valence-electron chi connectivity index (χ1n) is 13.7. The summed E-state index contributed by atoms with van der Waals surface area (Å²) in [4.78, 5) is 22.6. The number of rotatable bonds is 7. The molecule has 0 atom stereocenters. The molecule has 2 aliphatic heterocycles. The molecule has 9 heteroatoms. The van der Waals surface area contributed by atoms with Crippen LogP contribution in [0.15, 0.2) is 60.9 Å². The summed E-state index contributed by atoms with van der Waals surface area (Å²) in [7, 11) is 2.16. The van der Waals surface area contributed by atoms with Crippen molar-refractivity contribution in [3.05, 3.63) is 77.6 Å². The summed E-state index contributed by atoms with van der Waals surface area (Å²) < 4.78 is 5.55. The van der Waals surface area contributed by atoms with Crippen LogP contribution in [0.3, 0.4) is 0 Å². The van der Waals surface area contributed by atoms with Crippen molar-refractivity contribution < 1.29 is 9.53 Å². The zero-order valence-electron chi connectivity index (χ0n) is 22.3. The van der Waals surface area contributed by atoms with E-state index in [9.17, 15) is 4.79 Å². The van der Waals surface area contributed by atoms with E-state index >= 15 is 0 Å². The van der Waals surface area contributed by atoms with Crippen molar-refractivity contribution in [3.63, 3.8) is 0 Å². The van der Waals surface area contributed by atoms with E-state index in [0.29, 0.717) is 11.4 Å². The highest BCUT2D eigenvalue weighted by Crippen LogP contribution is 2.29. The third kappa shape index (κ3) is 5.89. The van der Waals surface area contributed by atoms with E-state index in [1.807, 2.05) is 24.4 Å². The molecule has 3 N–H and O–H groups in total. The molecule has 4 heterocycles. The third-order valence-electron chi connectivity index (χ3n) is 7.69. The summed E-state index contributed by atoms with van der Waals surface area (Å²) in [5.74, 6) is 0.351. The largest absolute Gasteiger partial charge is 0.381 e. The van der Waals surface area contributed by atoms with Gasteiger partial charge in [-0.25, -0.2) is 0 Å². The number of pyridine rings is 1. The lowest BCUT2D eigenvalue weighted by molar-refractivity contribution is 0.0904. The molecule has 0 radical (unpaired) electrons. The highest BCUT2D eigenvalue weighted by atomic mass is 16.5. The van der Waals surface area contributed by atoms with Crippen LogP contribution >= 0.6 is 0 Å². The highest BCUT2D eigenvalue weighted by molar-refractivity contribution is 6.11. The number of anilines is 3. The van der Waals surface area contributed by atoms with Gasteiger partial charge in [0.25, 0.3) is 5.91 Å². The Morgan fingerprint density at radius 2 is 1.90 bits per heavy atom. The number of fused-ring (bicyclic) bond motifs is 1. The zero-order valence-corrected chi connectivity index (χ0v) is 22.3.